The van der Waals surface area contributed by atoms with Gasteiger partial charge in [0.05, 0.1) is 20.8 Å². The summed E-state index contributed by atoms with van der Waals surface area (Å²) in [6.07, 6.45) is 2.06. The van der Waals surface area contributed by atoms with E-state index in [1.54, 1.807) is 14.2 Å². The molecule has 1 aromatic rings. The Bertz CT molecular complexity index is 608. The smallest absolute Gasteiger partial charge is 0.194 e. The number of fused-ring (bicyclic) bond motifs is 1. The number of nitrogens with one attached hydrogen (secondary N) is 1. The van der Waals surface area contributed by atoms with Gasteiger partial charge in [-0.3, -0.25) is 4.99 Å². The van der Waals surface area contributed by atoms with Crippen LogP contribution in [-0.4, -0.2) is 58.4 Å². The number of halogens is 1. The summed E-state index contributed by atoms with van der Waals surface area (Å²) in [6, 6.07) is 4.16. The lowest BCUT2D eigenvalue weighted by atomic mass is 9.99. The second kappa shape index (κ2) is 12.3. The minimum absolute atomic E-state index is 0. The summed E-state index contributed by atoms with van der Waals surface area (Å²) in [7, 11) is 5.17. The van der Waals surface area contributed by atoms with E-state index in [9.17, 15) is 0 Å². The van der Waals surface area contributed by atoms with E-state index in [1.807, 2.05) is 7.05 Å². The number of aliphatic imine (C=N–C) groups is 1. The van der Waals surface area contributed by atoms with Crippen LogP contribution < -0.4 is 14.8 Å². The molecule has 1 heterocycles. The van der Waals surface area contributed by atoms with Gasteiger partial charge in [-0.2, -0.15) is 0 Å². The molecule has 0 atom stereocenters. The van der Waals surface area contributed by atoms with Crippen LogP contribution in [0.25, 0.3) is 0 Å². The molecular weight excluding hydrogens is 457 g/mol. The molecule has 0 unspecified atom stereocenters. The monoisotopic (exact) mass is 491 g/mol. The molecule has 0 radical (unpaired) electrons. The topological polar surface area (TPSA) is 55.3 Å². The number of guanidine groups is 1. The quantitative estimate of drug-likeness (QED) is 0.262. The van der Waals surface area contributed by atoms with E-state index in [0.29, 0.717) is 12.5 Å². The van der Waals surface area contributed by atoms with Gasteiger partial charge in [-0.1, -0.05) is 13.8 Å². The van der Waals surface area contributed by atoms with E-state index < -0.39 is 0 Å². The fourth-order valence-electron chi connectivity index (χ4n) is 3.05. The maximum atomic E-state index is 5.67. The van der Waals surface area contributed by atoms with Crippen LogP contribution in [0.15, 0.2) is 17.1 Å². The Kier molecular flexibility index (Phi) is 10.8. The third-order valence-corrected chi connectivity index (χ3v) is 4.60. The highest BCUT2D eigenvalue weighted by Crippen LogP contribution is 2.33. The number of methoxy groups -OCH3 is 2. The molecule has 1 N–H and O–H groups in total. The zero-order chi connectivity index (χ0) is 18.9. The van der Waals surface area contributed by atoms with Gasteiger partial charge < -0.3 is 24.4 Å². The Morgan fingerprint density at radius 2 is 1.81 bits per heavy atom. The minimum atomic E-state index is 0. The van der Waals surface area contributed by atoms with Crippen molar-refractivity contribution in [3.05, 3.63) is 23.3 Å². The number of nitrogens with zero attached hydrogens (tertiary/aromatic N) is 2. The highest BCUT2D eigenvalue weighted by Gasteiger charge is 2.21. The Hall–Kier alpha value is -1.22. The summed E-state index contributed by atoms with van der Waals surface area (Å²) >= 11 is 0. The maximum Gasteiger partial charge on any atom is 0.194 e. The Balaban J connectivity index is 0.00000364. The van der Waals surface area contributed by atoms with Gasteiger partial charge in [0.1, 0.15) is 0 Å². The fraction of sp³-hybridized carbons (Fsp3) is 0.650. The van der Waals surface area contributed by atoms with E-state index in [-0.39, 0.29) is 24.0 Å². The first-order chi connectivity index (χ1) is 12.6. The normalized spacial score (nSPS) is 13.9. The first-order valence-electron chi connectivity index (χ1n) is 9.36. The predicted octanol–water partition coefficient (Wildman–Crippen LogP) is 3.32. The summed E-state index contributed by atoms with van der Waals surface area (Å²) in [4.78, 5) is 6.69. The number of hydrogen-bond donors (Lipinski definition) is 1. The van der Waals surface area contributed by atoms with E-state index in [0.717, 1.165) is 56.5 Å². The molecule has 7 heteroatoms. The zero-order valence-corrected chi connectivity index (χ0v) is 19.5. The fourth-order valence-corrected chi connectivity index (χ4v) is 3.05. The molecule has 0 amide bonds. The Morgan fingerprint density at radius 3 is 2.41 bits per heavy atom. The largest absolute Gasteiger partial charge is 0.493 e. The van der Waals surface area contributed by atoms with Gasteiger partial charge in [-0.15, -0.1) is 24.0 Å². The number of benzene rings is 1. The average Bonchev–Trinajstić information content (AvgIpc) is 2.65. The minimum Gasteiger partial charge on any atom is -0.493 e. The SMILES string of the molecule is CN=C(NCCOCCC(C)C)N1CCc2cc(OC)c(OC)cc2C1.I. The van der Waals surface area contributed by atoms with Gasteiger partial charge in [0.2, 0.25) is 0 Å². The van der Waals surface area contributed by atoms with Gasteiger partial charge >= 0.3 is 0 Å². The van der Waals surface area contributed by atoms with Crippen LogP contribution in [0.4, 0.5) is 0 Å². The lowest BCUT2D eigenvalue weighted by Gasteiger charge is -2.32. The molecule has 1 aliphatic heterocycles. The van der Waals surface area contributed by atoms with Crippen LogP contribution in [0, 0.1) is 5.92 Å². The molecule has 154 valence electrons. The third-order valence-electron chi connectivity index (χ3n) is 4.60. The van der Waals surface area contributed by atoms with Crippen molar-refractivity contribution in [1.82, 2.24) is 10.2 Å². The molecule has 6 nitrogen and oxygen atoms in total. The molecule has 2 rings (SSSR count). The predicted molar refractivity (Wildman–Crippen MR) is 121 cm³/mol. The number of hydrogen-bond acceptors (Lipinski definition) is 4. The van der Waals surface area contributed by atoms with Crippen LogP contribution in [0.3, 0.4) is 0 Å². The van der Waals surface area contributed by atoms with Gasteiger partial charge in [0.25, 0.3) is 0 Å². The lowest BCUT2D eigenvalue weighted by molar-refractivity contribution is 0.127. The second-order valence-electron chi connectivity index (χ2n) is 6.92. The molecule has 0 saturated heterocycles. The van der Waals surface area contributed by atoms with Gasteiger partial charge in [-0.25, -0.2) is 0 Å². The summed E-state index contributed by atoms with van der Waals surface area (Å²) in [5.74, 6) is 3.16. The van der Waals surface area contributed by atoms with Crippen molar-refractivity contribution in [1.29, 1.82) is 0 Å². The zero-order valence-electron chi connectivity index (χ0n) is 17.2. The molecule has 0 spiro atoms. The maximum absolute atomic E-state index is 5.67. The van der Waals surface area contributed by atoms with E-state index >= 15 is 0 Å². The summed E-state index contributed by atoms with van der Waals surface area (Å²) in [5.41, 5.74) is 2.57. The van der Waals surface area contributed by atoms with E-state index in [1.165, 1.54) is 11.1 Å². The van der Waals surface area contributed by atoms with Crippen LogP contribution in [0.5, 0.6) is 11.5 Å². The average molecular weight is 491 g/mol. The molecule has 27 heavy (non-hydrogen) atoms. The van der Waals surface area contributed by atoms with Gasteiger partial charge in [-0.05, 0) is 42.0 Å². The second-order valence-corrected chi connectivity index (χ2v) is 6.92. The lowest BCUT2D eigenvalue weighted by Crippen LogP contribution is -2.45. The van der Waals surface area contributed by atoms with Crippen molar-refractivity contribution in [3.8, 4) is 11.5 Å². The van der Waals surface area contributed by atoms with E-state index in [2.05, 4.69) is 41.2 Å². The van der Waals surface area contributed by atoms with Crippen molar-refractivity contribution in [2.45, 2.75) is 33.2 Å². The van der Waals surface area contributed by atoms with Crippen LogP contribution in [-0.2, 0) is 17.7 Å². The van der Waals surface area contributed by atoms with Crippen LogP contribution >= 0.6 is 24.0 Å². The molecule has 0 fully saturated rings. The molecule has 0 bridgehead atoms. The highest BCUT2D eigenvalue weighted by molar-refractivity contribution is 14.0. The number of rotatable bonds is 8. The molecule has 1 aromatic carbocycles. The molecule has 0 aromatic heterocycles. The molecule has 0 saturated carbocycles. The third kappa shape index (κ3) is 7.03. The molecule has 1 aliphatic rings. The standard InChI is InChI=1S/C20H33N3O3.HI/c1-15(2)7-10-26-11-8-22-20(21-3)23-9-6-16-12-18(24-4)19(25-5)13-17(16)14-23;/h12-13,15H,6-11,14H2,1-5H3,(H,21,22);1H. The number of ether oxygens (including phenoxy) is 3. The van der Waals surface area contributed by atoms with Crippen LogP contribution in [0.2, 0.25) is 0 Å². The van der Waals surface area contributed by atoms with Gasteiger partial charge in [0, 0.05) is 33.3 Å². The summed E-state index contributed by atoms with van der Waals surface area (Å²) < 4.78 is 16.5. The van der Waals surface area contributed by atoms with Crippen molar-refractivity contribution in [3.63, 3.8) is 0 Å². The Labute approximate surface area is 180 Å². The first kappa shape index (κ1) is 23.8. The van der Waals surface area contributed by atoms with Crippen molar-refractivity contribution in [2.24, 2.45) is 10.9 Å². The highest BCUT2D eigenvalue weighted by atomic mass is 127. The van der Waals surface area contributed by atoms with Crippen molar-refractivity contribution < 1.29 is 14.2 Å². The summed E-state index contributed by atoms with van der Waals surface area (Å²) in [6.45, 7) is 8.43. The van der Waals surface area contributed by atoms with Crippen LogP contribution in [0.1, 0.15) is 31.4 Å². The van der Waals surface area contributed by atoms with Gasteiger partial charge in [0.15, 0.2) is 17.5 Å². The first-order valence-corrected chi connectivity index (χ1v) is 9.36. The van der Waals surface area contributed by atoms with E-state index in [4.69, 9.17) is 14.2 Å². The molecular formula is C20H34IN3O3. The summed E-state index contributed by atoms with van der Waals surface area (Å²) in [5, 5.41) is 3.40. The van der Waals surface area contributed by atoms with Crippen molar-refractivity contribution >= 4 is 29.9 Å². The molecule has 0 aliphatic carbocycles. The van der Waals surface area contributed by atoms with Crippen molar-refractivity contribution in [2.75, 3.05) is 47.6 Å². The Morgan fingerprint density at radius 1 is 1.15 bits per heavy atom.